The highest BCUT2D eigenvalue weighted by Crippen LogP contribution is 2.26. The van der Waals surface area contributed by atoms with Gasteiger partial charge < -0.3 is 14.9 Å². The molecule has 1 unspecified atom stereocenters. The molecule has 0 aliphatic carbocycles. The highest BCUT2D eigenvalue weighted by molar-refractivity contribution is 6.10. The van der Waals surface area contributed by atoms with Crippen molar-refractivity contribution in [2.24, 2.45) is 0 Å². The van der Waals surface area contributed by atoms with E-state index in [1.807, 2.05) is 6.07 Å². The third-order valence-electron chi connectivity index (χ3n) is 4.08. The lowest BCUT2D eigenvalue weighted by atomic mass is 10.0. The van der Waals surface area contributed by atoms with Crippen molar-refractivity contribution in [1.29, 1.82) is 0 Å². The molecular formula is C21H26O4. The molecule has 2 N–H and O–H groups in total. The number of carbonyl (C=O) groups is 1. The number of unbranched alkanes of at least 4 members (excludes halogenated alkanes) is 4. The molecule has 0 saturated heterocycles. The minimum atomic E-state index is -0.906. The third kappa shape index (κ3) is 5.91. The van der Waals surface area contributed by atoms with Crippen LogP contribution in [0.3, 0.4) is 0 Å². The first-order valence-corrected chi connectivity index (χ1v) is 8.89. The van der Waals surface area contributed by atoms with Gasteiger partial charge in [0.25, 0.3) is 0 Å². The van der Waals surface area contributed by atoms with Crippen LogP contribution in [0.25, 0.3) is 0 Å². The average Bonchev–Trinajstić information content (AvgIpc) is 2.62. The number of aliphatic hydroxyl groups is 1. The largest absolute Gasteiger partial charge is 0.507 e. The second-order valence-corrected chi connectivity index (χ2v) is 6.15. The molecule has 0 radical (unpaired) electrons. The van der Waals surface area contributed by atoms with Gasteiger partial charge in [0.05, 0.1) is 5.56 Å². The molecule has 25 heavy (non-hydrogen) atoms. The van der Waals surface area contributed by atoms with Crippen LogP contribution < -0.4 is 4.74 Å². The molecule has 1 atom stereocenters. The maximum Gasteiger partial charge on any atom is 0.197 e. The van der Waals surface area contributed by atoms with Crippen LogP contribution in [0.1, 0.15) is 61.4 Å². The van der Waals surface area contributed by atoms with Crippen molar-refractivity contribution in [2.45, 2.75) is 51.7 Å². The van der Waals surface area contributed by atoms with Gasteiger partial charge in [0.2, 0.25) is 0 Å². The number of benzene rings is 2. The van der Waals surface area contributed by atoms with Crippen molar-refractivity contribution < 1.29 is 19.7 Å². The molecule has 0 aliphatic heterocycles. The first-order chi connectivity index (χ1) is 12.1. The summed E-state index contributed by atoms with van der Waals surface area (Å²) in [6, 6.07) is 13.3. The first kappa shape index (κ1) is 19.0. The molecule has 0 fully saturated rings. The van der Waals surface area contributed by atoms with E-state index in [0.717, 1.165) is 12.8 Å². The Morgan fingerprint density at radius 2 is 1.76 bits per heavy atom. The summed E-state index contributed by atoms with van der Waals surface area (Å²) in [6.07, 6.45) is 5.18. The molecule has 4 nitrogen and oxygen atoms in total. The highest BCUT2D eigenvalue weighted by atomic mass is 16.6. The summed E-state index contributed by atoms with van der Waals surface area (Å²) in [5.41, 5.74) is 0.728. The van der Waals surface area contributed by atoms with E-state index >= 15 is 0 Å². The molecule has 0 aliphatic rings. The molecule has 2 aromatic carbocycles. The van der Waals surface area contributed by atoms with Gasteiger partial charge in [0, 0.05) is 18.1 Å². The van der Waals surface area contributed by atoms with Crippen LogP contribution in [-0.2, 0) is 0 Å². The van der Waals surface area contributed by atoms with E-state index in [-0.39, 0.29) is 17.1 Å². The third-order valence-corrected chi connectivity index (χ3v) is 4.08. The summed E-state index contributed by atoms with van der Waals surface area (Å²) >= 11 is 0. The Balaban J connectivity index is 1.92. The summed E-state index contributed by atoms with van der Waals surface area (Å²) in [5.74, 6) is -0.0502. The highest BCUT2D eigenvalue weighted by Gasteiger charge is 2.15. The summed E-state index contributed by atoms with van der Waals surface area (Å²) in [5, 5.41) is 20.1. The predicted octanol–water partition coefficient (Wildman–Crippen LogP) is 4.68. The van der Waals surface area contributed by atoms with Crippen molar-refractivity contribution in [3.63, 3.8) is 0 Å². The van der Waals surface area contributed by atoms with Gasteiger partial charge in [-0.1, -0.05) is 62.9 Å². The molecule has 0 saturated carbocycles. The lowest BCUT2D eigenvalue weighted by Crippen LogP contribution is -2.15. The standard InChI is InChI=1S/C21H26O4/c1-2-3-4-5-9-12-20(23)25-17-13-14-18(19(22)15-17)21(24)16-10-7-6-8-11-16/h6-8,10-11,13-15,20,22-23H,2-5,9,12H2,1H3. The fraction of sp³-hybridized carbons (Fsp3) is 0.381. The van der Waals surface area contributed by atoms with Crippen molar-refractivity contribution in [3.05, 3.63) is 59.7 Å². The Bertz CT molecular complexity index is 667. The fourth-order valence-electron chi connectivity index (χ4n) is 2.66. The Kier molecular flexibility index (Phi) is 7.48. The number of ketones is 1. The minimum Gasteiger partial charge on any atom is -0.507 e. The van der Waals surface area contributed by atoms with E-state index in [4.69, 9.17) is 4.74 Å². The van der Waals surface area contributed by atoms with Crippen LogP contribution in [0.2, 0.25) is 0 Å². The number of hydrogen-bond donors (Lipinski definition) is 2. The van der Waals surface area contributed by atoms with E-state index in [2.05, 4.69) is 6.92 Å². The monoisotopic (exact) mass is 342 g/mol. The van der Waals surface area contributed by atoms with Gasteiger partial charge in [0.1, 0.15) is 11.5 Å². The van der Waals surface area contributed by atoms with E-state index < -0.39 is 6.29 Å². The molecule has 0 heterocycles. The van der Waals surface area contributed by atoms with Gasteiger partial charge >= 0.3 is 0 Å². The van der Waals surface area contributed by atoms with Crippen LogP contribution in [0, 0.1) is 0 Å². The van der Waals surface area contributed by atoms with Gasteiger partial charge in [-0.3, -0.25) is 4.79 Å². The summed E-state index contributed by atoms with van der Waals surface area (Å²) in [7, 11) is 0. The number of aromatic hydroxyl groups is 1. The normalized spacial score (nSPS) is 11.9. The molecule has 2 rings (SSSR count). The Hall–Kier alpha value is -2.33. The molecule has 2 aromatic rings. The number of ether oxygens (including phenoxy) is 1. The summed E-state index contributed by atoms with van der Waals surface area (Å²) in [4.78, 5) is 12.4. The van der Waals surface area contributed by atoms with Gasteiger partial charge in [-0.05, 0) is 18.6 Å². The number of aliphatic hydroxyl groups excluding tert-OH is 1. The number of carbonyl (C=O) groups excluding carboxylic acids is 1. The second-order valence-electron chi connectivity index (χ2n) is 6.15. The van der Waals surface area contributed by atoms with Crippen LogP contribution in [0.5, 0.6) is 11.5 Å². The average molecular weight is 342 g/mol. The van der Waals surface area contributed by atoms with Crippen molar-refractivity contribution in [3.8, 4) is 11.5 Å². The maximum absolute atomic E-state index is 12.4. The molecule has 0 aromatic heterocycles. The van der Waals surface area contributed by atoms with E-state index in [0.29, 0.717) is 17.7 Å². The number of phenols is 1. The second kappa shape index (κ2) is 9.84. The topological polar surface area (TPSA) is 66.8 Å². The molecule has 0 amide bonds. The van der Waals surface area contributed by atoms with E-state index in [1.54, 1.807) is 30.3 Å². The van der Waals surface area contributed by atoms with Crippen molar-refractivity contribution in [1.82, 2.24) is 0 Å². The lowest BCUT2D eigenvalue weighted by molar-refractivity contribution is -0.0247. The van der Waals surface area contributed by atoms with Crippen LogP contribution in [-0.4, -0.2) is 22.3 Å². The lowest BCUT2D eigenvalue weighted by Gasteiger charge is -2.14. The summed E-state index contributed by atoms with van der Waals surface area (Å²) in [6.45, 7) is 2.16. The van der Waals surface area contributed by atoms with Gasteiger partial charge in [0.15, 0.2) is 12.1 Å². The Morgan fingerprint density at radius 3 is 2.44 bits per heavy atom. The van der Waals surface area contributed by atoms with E-state index in [1.165, 1.54) is 31.4 Å². The smallest absolute Gasteiger partial charge is 0.197 e. The SMILES string of the molecule is CCCCCCCC(O)Oc1ccc(C(=O)c2ccccc2)c(O)c1. The quantitative estimate of drug-likeness (QED) is 0.374. The minimum absolute atomic E-state index is 0.151. The van der Waals surface area contributed by atoms with Gasteiger partial charge in [-0.15, -0.1) is 0 Å². The fourth-order valence-corrected chi connectivity index (χ4v) is 2.66. The van der Waals surface area contributed by atoms with Crippen LogP contribution in [0.15, 0.2) is 48.5 Å². The Morgan fingerprint density at radius 1 is 1.04 bits per heavy atom. The number of phenolic OH excluding ortho intramolecular Hbond substituents is 1. The van der Waals surface area contributed by atoms with Crippen molar-refractivity contribution >= 4 is 5.78 Å². The van der Waals surface area contributed by atoms with E-state index in [9.17, 15) is 15.0 Å². The molecular weight excluding hydrogens is 316 g/mol. The number of rotatable bonds is 10. The zero-order valence-corrected chi connectivity index (χ0v) is 14.6. The Labute approximate surface area is 149 Å². The maximum atomic E-state index is 12.4. The van der Waals surface area contributed by atoms with Crippen molar-refractivity contribution in [2.75, 3.05) is 0 Å². The molecule has 134 valence electrons. The molecule has 0 bridgehead atoms. The van der Waals surface area contributed by atoms with Crippen LogP contribution in [0.4, 0.5) is 0 Å². The zero-order chi connectivity index (χ0) is 18.1. The zero-order valence-electron chi connectivity index (χ0n) is 14.6. The van der Waals surface area contributed by atoms with Crippen LogP contribution >= 0.6 is 0 Å². The summed E-state index contributed by atoms with van der Waals surface area (Å²) < 4.78 is 5.43. The number of hydrogen-bond acceptors (Lipinski definition) is 4. The molecule has 4 heteroatoms. The predicted molar refractivity (Wildman–Crippen MR) is 98.0 cm³/mol. The first-order valence-electron chi connectivity index (χ1n) is 8.89. The van der Waals surface area contributed by atoms with Gasteiger partial charge in [-0.25, -0.2) is 0 Å². The van der Waals surface area contributed by atoms with Gasteiger partial charge in [-0.2, -0.15) is 0 Å². The molecule has 0 spiro atoms.